The summed E-state index contributed by atoms with van der Waals surface area (Å²) in [6.07, 6.45) is 3.42. The minimum absolute atomic E-state index is 0.229. The Morgan fingerprint density at radius 2 is 1.79 bits per heavy atom. The van der Waals surface area contributed by atoms with E-state index >= 15 is 0 Å². The normalized spacial score (nSPS) is 11.7. The third kappa shape index (κ3) is 3.83. The Kier molecular flexibility index (Phi) is 6.07. The highest BCUT2D eigenvalue weighted by Gasteiger charge is 2.24. The molecule has 0 saturated heterocycles. The standard InChI is InChI=1S/C14H27N3OS/c1-7-14(8-2,9-3)15-10-11-12(18-6)16-13(19-11)17(4)5/h15H,7-10H2,1-6H3. The molecule has 4 nitrogen and oxygen atoms in total. The summed E-state index contributed by atoms with van der Waals surface area (Å²) in [4.78, 5) is 7.68. The molecule has 0 fully saturated rings. The van der Waals surface area contributed by atoms with Gasteiger partial charge in [-0.1, -0.05) is 32.1 Å². The molecule has 0 saturated carbocycles. The molecule has 1 heterocycles. The lowest BCUT2D eigenvalue weighted by atomic mass is 9.90. The van der Waals surface area contributed by atoms with Gasteiger partial charge in [-0.05, 0) is 19.3 Å². The third-order valence-electron chi connectivity index (χ3n) is 3.88. The van der Waals surface area contributed by atoms with Crippen LogP contribution in [-0.4, -0.2) is 31.7 Å². The van der Waals surface area contributed by atoms with E-state index in [-0.39, 0.29) is 5.54 Å². The molecule has 0 atom stereocenters. The summed E-state index contributed by atoms with van der Waals surface area (Å²) >= 11 is 1.69. The van der Waals surface area contributed by atoms with Crippen molar-refractivity contribution in [1.29, 1.82) is 0 Å². The van der Waals surface area contributed by atoms with Crippen molar-refractivity contribution in [3.63, 3.8) is 0 Å². The molecule has 0 bridgehead atoms. The zero-order valence-corrected chi connectivity index (χ0v) is 13.9. The van der Waals surface area contributed by atoms with Crippen LogP contribution in [0.2, 0.25) is 0 Å². The van der Waals surface area contributed by atoms with Crippen molar-refractivity contribution in [2.45, 2.75) is 52.1 Å². The van der Waals surface area contributed by atoms with Crippen LogP contribution in [0, 0.1) is 0 Å². The molecule has 0 aliphatic rings. The average molecular weight is 285 g/mol. The summed E-state index contributed by atoms with van der Waals surface area (Å²) in [7, 11) is 5.69. The van der Waals surface area contributed by atoms with Gasteiger partial charge in [0.15, 0.2) is 5.13 Å². The van der Waals surface area contributed by atoms with E-state index in [2.05, 4.69) is 31.1 Å². The lowest BCUT2D eigenvalue weighted by Gasteiger charge is -2.31. The van der Waals surface area contributed by atoms with Crippen LogP contribution in [0.3, 0.4) is 0 Å². The van der Waals surface area contributed by atoms with E-state index in [1.165, 1.54) is 4.88 Å². The first-order chi connectivity index (χ1) is 9.01. The van der Waals surface area contributed by atoms with E-state index in [9.17, 15) is 0 Å². The van der Waals surface area contributed by atoms with Crippen LogP contribution >= 0.6 is 11.3 Å². The Bertz CT molecular complexity index is 378. The van der Waals surface area contributed by atoms with Gasteiger partial charge in [0.25, 0.3) is 0 Å². The summed E-state index contributed by atoms with van der Waals surface area (Å²) < 4.78 is 5.37. The van der Waals surface area contributed by atoms with Crippen LogP contribution < -0.4 is 15.0 Å². The zero-order valence-electron chi connectivity index (χ0n) is 13.0. The first-order valence-corrected chi connectivity index (χ1v) is 7.79. The summed E-state index contributed by atoms with van der Waals surface area (Å²) in [5, 5.41) is 4.69. The summed E-state index contributed by atoms with van der Waals surface area (Å²) in [6.45, 7) is 7.56. The van der Waals surface area contributed by atoms with Gasteiger partial charge in [-0.25, -0.2) is 0 Å². The topological polar surface area (TPSA) is 37.4 Å². The molecule has 1 aromatic rings. The largest absolute Gasteiger partial charge is 0.480 e. The highest BCUT2D eigenvalue weighted by molar-refractivity contribution is 7.15. The SMILES string of the molecule is CCC(CC)(CC)NCc1sc(N(C)C)nc1OC. The summed E-state index contributed by atoms with van der Waals surface area (Å²) in [6, 6.07) is 0. The first kappa shape index (κ1) is 16.2. The van der Waals surface area contributed by atoms with E-state index in [0.29, 0.717) is 0 Å². The molecule has 0 radical (unpaired) electrons. The molecule has 0 aliphatic heterocycles. The van der Waals surface area contributed by atoms with Crippen molar-refractivity contribution < 1.29 is 4.74 Å². The quantitative estimate of drug-likeness (QED) is 0.795. The average Bonchev–Trinajstić information content (AvgIpc) is 2.84. The molecule has 5 heteroatoms. The monoisotopic (exact) mass is 285 g/mol. The zero-order chi connectivity index (χ0) is 14.5. The van der Waals surface area contributed by atoms with Gasteiger partial charge in [0.1, 0.15) is 0 Å². The van der Waals surface area contributed by atoms with E-state index < -0.39 is 0 Å². The number of hydrogen-bond donors (Lipinski definition) is 1. The number of ether oxygens (including phenoxy) is 1. The molecule has 1 rings (SSSR count). The van der Waals surface area contributed by atoms with Gasteiger partial charge in [-0.3, -0.25) is 0 Å². The molecule has 1 N–H and O–H groups in total. The minimum atomic E-state index is 0.229. The minimum Gasteiger partial charge on any atom is -0.480 e. The van der Waals surface area contributed by atoms with Crippen LogP contribution in [0.1, 0.15) is 44.9 Å². The molecule has 0 aliphatic carbocycles. The van der Waals surface area contributed by atoms with Crippen molar-refractivity contribution in [3.8, 4) is 5.88 Å². The first-order valence-electron chi connectivity index (χ1n) is 6.97. The van der Waals surface area contributed by atoms with Crippen LogP contribution in [0.4, 0.5) is 5.13 Å². The molecule has 0 amide bonds. The van der Waals surface area contributed by atoms with Crippen LogP contribution in [0.25, 0.3) is 0 Å². The van der Waals surface area contributed by atoms with Crippen LogP contribution in [-0.2, 0) is 6.54 Å². The van der Waals surface area contributed by atoms with E-state index in [4.69, 9.17) is 4.74 Å². The van der Waals surface area contributed by atoms with Crippen molar-refractivity contribution in [1.82, 2.24) is 10.3 Å². The van der Waals surface area contributed by atoms with Gasteiger partial charge in [-0.15, -0.1) is 0 Å². The maximum absolute atomic E-state index is 5.37. The van der Waals surface area contributed by atoms with Gasteiger partial charge in [0.05, 0.1) is 12.0 Å². The Morgan fingerprint density at radius 1 is 1.21 bits per heavy atom. The highest BCUT2D eigenvalue weighted by Crippen LogP contribution is 2.31. The molecular formula is C14H27N3OS. The number of thiazole rings is 1. The third-order valence-corrected chi connectivity index (χ3v) is 5.08. The summed E-state index contributed by atoms with van der Waals surface area (Å²) in [5.74, 6) is 0.749. The molecule has 0 aromatic carbocycles. The molecule has 0 unspecified atom stereocenters. The predicted octanol–water partition coefficient (Wildman–Crippen LogP) is 3.28. The maximum atomic E-state index is 5.37. The van der Waals surface area contributed by atoms with Crippen LogP contribution in [0.15, 0.2) is 0 Å². The fraction of sp³-hybridized carbons (Fsp3) is 0.786. The van der Waals surface area contributed by atoms with Crippen molar-refractivity contribution in [2.75, 3.05) is 26.1 Å². The lowest BCUT2D eigenvalue weighted by molar-refractivity contribution is 0.286. The van der Waals surface area contributed by atoms with Gasteiger partial charge in [0, 0.05) is 26.2 Å². The van der Waals surface area contributed by atoms with Gasteiger partial charge < -0.3 is 15.0 Å². The number of nitrogens with one attached hydrogen (secondary N) is 1. The summed E-state index contributed by atoms with van der Waals surface area (Å²) in [5.41, 5.74) is 0.229. The second kappa shape index (κ2) is 7.10. The second-order valence-corrected chi connectivity index (χ2v) is 6.08. The number of rotatable bonds is 8. The predicted molar refractivity (Wildman–Crippen MR) is 83.4 cm³/mol. The molecule has 19 heavy (non-hydrogen) atoms. The Hall–Kier alpha value is -0.810. The fourth-order valence-corrected chi connectivity index (χ4v) is 3.07. The number of aromatic nitrogens is 1. The molecule has 0 spiro atoms. The molecule has 110 valence electrons. The van der Waals surface area contributed by atoms with Gasteiger partial charge >= 0.3 is 0 Å². The van der Waals surface area contributed by atoms with Crippen molar-refractivity contribution in [3.05, 3.63) is 4.88 Å². The Balaban J connectivity index is 2.81. The van der Waals surface area contributed by atoms with Crippen molar-refractivity contribution >= 4 is 16.5 Å². The lowest BCUT2D eigenvalue weighted by Crippen LogP contribution is -2.42. The number of hydrogen-bond acceptors (Lipinski definition) is 5. The second-order valence-electron chi connectivity index (χ2n) is 5.02. The Labute approximate surface area is 121 Å². The fourth-order valence-electron chi connectivity index (χ4n) is 2.18. The Morgan fingerprint density at radius 3 is 2.21 bits per heavy atom. The van der Waals surface area contributed by atoms with Gasteiger partial charge in [0.2, 0.25) is 5.88 Å². The van der Waals surface area contributed by atoms with Gasteiger partial charge in [-0.2, -0.15) is 4.98 Å². The van der Waals surface area contributed by atoms with E-state index in [1.54, 1.807) is 18.4 Å². The number of methoxy groups -OCH3 is 1. The molecular weight excluding hydrogens is 258 g/mol. The van der Waals surface area contributed by atoms with E-state index in [0.717, 1.165) is 36.8 Å². The molecule has 1 aromatic heterocycles. The van der Waals surface area contributed by atoms with Crippen LogP contribution in [0.5, 0.6) is 5.88 Å². The smallest absolute Gasteiger partial charge is 0.230 e. The number of anilines is 1. The number of nitrogens with zero attached hydrogens (tertiary/aromatic N) is 2. The van der Waals surface area contributed by atoms with Crippen molar-refractivity contribution in [2.24, 2.45) is 0 Å². The highest BCUT2D eigenvalue weighted by atomic mass is 32.1. The van der Waals surface area contributed by atoms with E-state index in [1.807, 2.05) is 19.0 Å². The maximum Gasteiger partial charge on any atom is 0.230 e.